The maximum Gasteiger partial charge on any atom is 0.279 e. The Balaban J connectivity index is 1.95. The Labute approximate surface area is 127 Å². The Morgan fingerprint density at radius 1 is 1.29 bits per heavy atom. The number of hydrogen-bond donors (Lipinski definition) is 2. The average molecular weight is 312 g/mol. The molecule has 0 spiro atoms. The van der Waals surface area contributed by atoms with Gasteiger partial charge in [-0.3, -0.25) is 0 Å². The van der Waals surface area contributed by atoms with Crippen molar-refractivity contribution in [1.29, 1.82) is 0 Å². The van der Waals surface area contributed by atoms with Crippen molar-refractivity contribution in [3.05, 3.63) is 35.4 Å². The molecular formula is C15H24N2O3S. The fourth-order valence-corrected chi connectivity index (χ4v) is 3.82. The topological polar surface area (TPSA) is 69.6 Å². The molecule has 1 heterocycles. The third kappa shape index (κ3) is 4.51. The molecule has 0 saturated carbocycles. The van der Waals surface area contributed by atoms with Crippen LogP contribution in [0.15, 0.2) is 24.3 Å². The first-order chi connectivity index (χ1) is 9.88. The van der Waals surface area contributed by atoms with Crippen LogP contribution >= 0.6 is 0 Å². The van der Waals surface area contributed by atoms with Crippen LogP contribution in [0.5, 0.6) is 0 Å². The summed E-state index contributed by atoms with van der Waals surface area (Å²) in [5.74, 6) is 0.339. The number of aliphatic hydroxyl groups is 1. The van der Waals surface area contributed by atoms with E-state index < -0.39 is 16.3 Å². The summed E-state index contributed by atoms with van der Waals surface area (Å²) in [5.41, 5.74) is 2.26. The lowest BCUT2D eigenvalue weighted by Gasteiger charge is -2.28. The molecule has 118 valence electrons. The molecule has 0 amide bonds. The molecule has 6 heteroatoms. The molecule has 0 aliphatic carbocycles. The Morgan fingerprint density at radius 2 is 1.95 bits per heavy atom. The van der Waals surface area contributed by atoms with E-state index in [1.807, 2.05) is 38.1 Å². The molecule has 0 radical (unpaired) electrons. The summed E-state index contributed by atoms with van der Waals surface area (Å²) in [6.07, 6.45) is 0.675. The SMILES string of the molecule is CC(C)CC(O)CNS(=O)(=O)N1CCc2ccccc2C1. The molecule has 5 nitrogen and oxygen atoms in total. The summed E-state index contributed by atoms with van der Waals surface area (Å²) in [6, 6.07) is 7.90. The largest absolute Gasteiger partial charge is 0.392 e. The van der Waals surface area contributed by atoms with E-state index in [2.05, 4.69) is 4.72 Å². The monoisotopic (exact) mass is 312 g/mol. The molecule has 0 saturated heterocycles. The lowest BCUT2D eigenvalue weighted by Crippen LogP contribution is -2.45. The van der Waals surface area contributed by atoms with E-state index in [1.54, 1.807) is 0 Å². The summed E-state index contributed by atoms with van der Waals surface area (Å²) in [7, 11) is -3.53. The third-order valence-corrected chi connectivity index (χ3v) is 5.20. The van der Waals surface area contributed by atoms with Crippen molar-refractivity contribution in [2.45, 2.75) is 39.3 Å². The van der Waals surface area contributed by atoms with Gasteiger partial charge >= 0.3 is 0 Å². The van der Waals surface area contributed by atoms with Crippen molar-refractivity contribution in [2.24, 2.45) is 5.92 Å². The lowest BCUT2D eigenvalue weighted by atomic mass is 10.0. The van der Waals surface area contributed by atoms with Gasteiger partial charge in [0.25, 0.3) is 10.2 Å². The van der Waals surface area contributed by atoms with Gasteiger partial charge in [-0.15, -0.1) is 0 Å². The summed E-state index contributed by atoms with van der Waals surface area (Å²) >= 11 is 0. The molecule has 1 aromatic carbocycles. The summed E-state index contributed by atoms with van der Waals surface area (Å²) in [4.78, 5) is 0. The van der Waals surface area contributed by atoms with Crippen molar-refractivity contribution in [3.8, 4) is 0 Å². The average Bonchev–Trinajstić information content (AvgIpc) is 2.44. The number of benzene rings is 1. The van der Waals surface area contributed by atoms with Crippen LogP contribution in [0.1, 0.15) is 31.4 Å². The van der Waals surface area contributed by atoms with E-state index in [9.17, 15) is 13.5 Å². The first-order valence-electron chi connectivity index (χ1n) is 7.38. The minimum absolute atomic E-state index is 0.0681. The van der Waals surface area contributed by atoms with Gasteiger partial charge in [-0.25, -0.2) is 0 Å². The molecule has 0 fully saturated rings. The van der Waals surface area contributed by atoms with E-state index in [0.29, 0.717) is 25.4 Å². The van der Waals surface area contributed by atoms with Gasteiger partial charge in [-0.1, -0.05) is 38.1 Å². The van der Waals surface area contributed by atoms with Crippen LogP contribution in [-0.2, 0) is 23.2 Å². The molecule has 1 atom stereocenters. The highest BCUT2D eigenvalue weighted by molar-refractivity contribution is 7.87. The second kappa shape index (κ2) is 6.87. The van der Waals surface area contributed by atoms with Gasteiger partial charge in [0.15, 0.2) is 0 Å². The Hall–Kier alpha value is -0.950. The van der Waals surface area contributed by atoms with E-state index in [0.717, 1.165) is 12.0 Å². The highest BCUT2D eigenvalue weighted by Crippen LogP contribution is 2.20. The zero-order valence-electron chi connectivity index (χ0n) is 12.6. The lowest BCUT2D eigenvalue weighted by molar-refractivity contribution is 0.152. The number of hydrogen-bond acceptors (Lipinski definition) is 3. The van der Waals surface area contributed by atoms with Crippen LogP contribution in [0.25, 0.3) is 0 Å². The molecule has 1 aliphatic heterocycles. The number of rotatable bonds is 6. The molecule has 1 unspecified atom stereocenters. The number of fused-ring (bicyclic) bond motifs is 1. The zero-order chi connectivity index (χ0) is 15.5. The van der Waals surface area contributed by atoms with Crippen LogP contribution in [-0.4, -0.2) is 37.0 Å². The smallest absolute Gasteiger partial charge is 0.279 e. The fourth-order valence-electron chi connectivity index (χ4n) is 2.60. The number of nitrogens with one attached hydrogen (secondary N) is 1. The Kier molecular flexibility index (Phi) is 5.37. The van der Waals surface area contributed by atoms with Gasteiger partial charge < -0.3 is 5.11 Å². The molecule has 2 N–H and O–H groups in total. The van der Waals surface area contributed by atoms with Gasteiger partial charge in [0, 0.05) is 19.6 Å². The van der Waals surface area contributed by atoms with Crippen LogP contribution < -0.4 is 4.72 Å². The van der Waals surface area contributed by atoms with Gasteiger partial charge in [-0.2, -0.15) is 17.4 Å². The van der Waals surface area contributed by atoms with Crippen LogP contribution in [0.2, 0.25) is 0 Å². The Morgan fingerprint density at radius 3 is 2.62 bits per heavy atom. The van der Waals surface area contributed by atoms with E-state index in [4.69, 9.17) is 0 Å². The number of aliphatic hydroxyl groups excluding tert-OH is 1. The maximum atomic E-state index is 12.3. The molecule has 1 aliphatic rings. The van der Waals surface area contributed by atoms with Crippen molar-refractivity contribution in [2.75, 3.05) is 13.1 Å². The van der Waals surface area contributed by atoms with Crippen molar-refractivity contribution < 1.29 is 13.5 Å². The van der Waals surface area contributed by atoms with Crippen LogP contribution in [0.3, 0.4) is 0 Å². The first-order valence-corrected chi connectivity index (χ1v) is 8.82. The molecule has 0 bridgehead atoms. The molecule has 1 aromatic rings. The number of nitrogens with zero attached hydrogens (tertiary/aromatic N) is 1. The third-order valence-electron chi connectivity index (χ3n) is 3.68. The second-order valence-electron chi connectivity index (χ2n) is 5.99. The Bertz CT molecular complexity index is 572. The minimum Gasteiger partial charge on any atom is -0.392 e. The van der Waals surface area contributed by atoms with Gasteiger partial charge in [0.2, 0.25) is 0 Å². The minimum atomic E-state index is -3.53. The quantitative estimate of drug-likeness (QED) is 0.831. The van der Waals surface area contributed by atoms with Crippen molar-refractivity contribution in [3.63, 3.8) is 0 Å². The van der Waals surface area contributed by atoms with E-state index in [1.165, 1.54) is 9.87 Å². The molecule has 21 heavy (non-hydrogen) atoms. The van der Waals surface area contributed by atoms with Crippen LogP contribution in [0, 0.1) is 5.92 Å². The first kappa shape index (κ1) is 16.4. The predicted octanol–water partition coefficient (Wildman–Crippen LogP) is 1.29. The van der Waals surface area contributed by atoms with Gasteiger partial charge in [0.1, 0.15) is 0 Å². The fraction of sp³-hybridized carbons (Fsp3) is 0.600. The molecule has 2 rings (SSSR count). The summed E-state index contributed by atoms with van der Waals surface area (Å²) in [6.45, 7) is 4.94. The zero-order valence-corrected chi connectivity index (χ0v) is 13.4. The maximum absolute atomic E-state index is 12.3. The summed E-state index contributed by atoms with van der Waals surface area (Å²) in [5, 5.41) is 9.79. The van der Waals surface area contributed by atoms with E-state index >= 15 is 0 Å². The predicted molar refractivity (Wildman–Crippen MR) is 82.9 cm³/mol. The summed E-state index contributed by atoms with van der Waals surface area (Å²) < 4.78 is 28.5. The standard InChI is InChI=1S/C15H24N2O3S/c1-12(2)9-15(18)10-16-21(19,20)17-8-7-13-5-3-4-6-14(13)11-17/h3-6,12,15-16,18H,7-11H2,1-2H3. The van der Waals surface area contributed by atoms with Crippen molar-refractivity contribution in [1.82, 2.24) is 9.03 Å². The highest BCUT2D eigenvalue weighted by Gasteiger charge is 2.26. The van der Waals surface area contributed by atoms with Gasteiger partial charge in [0.05, 0.1) is 6.10 Å². The van der Waals surface area contributed by atoms with Gasteiger partial charge in [-0.05, 0) is 29.9 Å². The second-order valence-corrected chi connectivity index (χ2v) is 7.74. The van der Waals surface area contributed by atoms with Crippen LogP contribution in [0.4, 0.5) is 0 Å². The molecule has 0 aromatic heterocycles. The van der Waals surface area contributed by atoms with Crippen molar-refractivity contribution >= 4 is 10.2 Å². The molecular weight excluding hydrogens is 288 g/mol. The van der Waals surface area contributed by atoms with E-state index in [-0.39, 0.29) is 6.54 Å². The normalized spacial score (nSPS) is 17.7. The highest BCUT2D eigenvalue weighted by atomic mass is 32.2.